The minimum atomic E-state index is -0.294. The van der Waals surface area contributed by atoms with E-state index in [1.807, 2.05) is 66.0 Å². The van der Waals surface area contributed by atoms with Gasteiger partial charge in [0.25, 0.3) is 5.91 Å². The molecule has 1 aromatic heterocycles. The zero-order valence-electron chi connectivity index (χ0n) is 19.9. The monoisotopic (exact) mass is 492 g/mol. The van der Waals surface area contributed by atoms with Gasteiger partial charge in [0.1, 0.15) is 5.75 Å². The smallest absolute Gasteiger partial charge is 0.271 e. The van der Waals surface area contributed by atoms with Gasteiger partial charge in [-0.25, -0.2) is 10.4 Å². The van der Waals surface area contributed by atoms with Crippen LogP contribution in [0.4, 0.5) is 10.8 Å². The summed E-state index contributed by atoms with van der Waals surface area (Å²) in [5.41, 5.74) is 7.92. The van der Waals surface area contributed by atoms with E-state index >= 15 is 0 Å². The lowest BCUT2D eigenvalue weighted by molar-refractivity contribution is 0.0955. The Hall–Kier alpha value is -4.49. The summed E-state index contributed by atoms with van der Waals surface area (Å²) in [7, 11) is 1.62. The number of carbonyl (C=O) groups is 1. The molecule has 6 nitrogen and oxygen atoms in total. The van der Waals surface area contributed by atoms with Crippen LogP contribution in [0.3, 0.4) is 0 Å². The average Bonchev–Trinajstić information content (AvgIpc) is 3.38. The maximum absolute atomic E-state index is 12.7. The van der Waals surface area contributed by atoms with Gasteiger partial charge >= 0.3 is 0 Å². The minimum Gasteiger partial charge on any atom is -0.496 e. The molecule has 5 aromatic rings. The van der Waals surface area contributed by atoms with E-state index in [1.165, 1.54) is 16.9 Å². The number of anilines is 2. The topological polar surface area (TPSA) is 75.6 Å². The Bertz CT molecular complexity index is 1540. The number of thiazole rings is 1. The van der Waals surface area contributed by atoms with Crippen LogP contribution in [-0.2, 0) is 0 Å². The summed E-state index contributed by atoms with van der Waals surface area (Å²) in [6, 6.07) is 27.3. The third-order valence-corrected chi connectivity index (χ3v) is 6.52. The first-order valence-electron chi connectivity index (χ1n) is 11.4. The Balaban J connectivity index is 1.26. The van der Waals surface area contributed by atoms with Gasteiger partial charge < -0.3 is 10.1 Å². The molecule has 0 radical (unpaired) electrons. The number of aryl methyl sites for hydroxylation is 1. The van der Waals surface area contributed by atoms with E-state index in [0.29, 0.717) is 11.3 Å². The molecule has 0 aliphatic rings. The third kappa shape index (κ3) is 5.11. The molecule has 5 rings (SSSR count). The van der Waals surface area contributed by atoms with Crippen molar-refractivity contribution in [3.8, 4) is 17.0 Å². The van der Waals surface area contributed by atoms with Gasteiger partial charge in [-0.1, -0.05) is 60.2 Å². The molecular formula is C29H24N4O2S. The van der Waals surface area contributed by atoms with Crippen LogP contribution in [0.15, 0.2) is 95.4 Å². The lowest BCUT2D eigenvalue weighted by Crippen LogP contribution is -2.17. The number of fused-ring (bicyclic) bond motifs is 1. The highest BCUT2D eigenvalue weighted by Crippen LogP contribution is 2.28. The molecule has 1 heterocycles. The first-order valence-corrected chi connectivity index (χ1v) is 12.3. The van der Waals surface area contributed by atoms with Gasteiger partial charge in [-0.2, -0.15) is 5.10 Å². The van der Waals surface area contributed by atoms with Gasteiger partial charge in [-0.05, 0) is 48.0 Å². The molecule has 0 unspecified atom stereocenters. The maximum Gasteiger partial charge on any atom is 0.271 e. The van der Waals surface area contributed by atoms with E-state index in [1.54, 1.807) is 25.5 Å². The highest BCUT2D eigenvalue weighted by molar-refractivity contribution is 7.14. The molecule has 0 atom stereocenters. The molecule has 4 aromatic carbocycles. The van der Waals surface area contributed by atoms with Crippen LogP contribution in [0.5, 0.6) is 5.75 Å². The van der Waals surface area contributed by atoms with Crippen LogP contribution < -0.4 is 15.5 Å². The largest absolute Gasteiger partial charge is 0.496 e. The Labute approximate surface area is 213 Å². The molecule has 0 saturated carbocycles. The van der Waals surface area contributed by atoms with Crippen molar-refractivity contribution in [1.29, 1.82) is 0 Å². The second-order valence-electron chi connectivity index (χ2n) is 8.21. The van der Waals surface area contributed by atoms with Gasteiger partial charge in [0, 0.05) is 27.8 Å². The van der Waals surface area contributed by atoms with Crippen molar-refractivity contribution >= 4 is 45.0 Å². The number of aromatic nitrogens is 1. The number of rotatable bonds is 7. The summed E-state index contributed by atoms with van der Waals surface area (Å²) in [6.07, 6.45) is 1.62. The van der Waals surface area contributed by atoms with Crippen molar-refractivity contribution in [2.75, 3.05) is 12.4 Å². The zero-order chi connectivity index (χ0) is 24.9. The van der Waals surface area contributed by atoms with E-state index in [2.05, 4.69) is 39.9 Å². The van der Waals surface area contributed by atoms with E-state index in [4.69, 9.17) is 4.74 Å². The first-order chi connectivity index (χ1) is 17.6. The van der Waals surface area contributed by atoms with Crippen molar-refractivity contribution in [3.05, 3.63) is 107 Å². The Morgan fingerprint density at radius 2 is 1.75 bits per heavy atom. The predicted octanol–water partition coefficient (Wildman–Crippen LogP) is 6.79. The van der Waals surface area contributed by atoms with Crippen LogP contribution in [0.2, 0.25) is 0 Å². The van der Waals surface area contributed by atoms with Gasteiger partial charge in [0.15, 0.2) is 5.13 Å². The summed E-state index contributed by atoms with van der Waals surface area (Å²) < 4.78 is 5.48. The van der Waals surface area contributed by atoms with Crippen molar-refractivity contribution < 1.29 is 9.53 Å². The SMILES string of the molecule is COc1ccc2ccccc2c1/C=N\NC(=O)c1ccc(-c2csc(Nc3ccc(C)cc3)n2)cc1. The average molecular weight is 493 g/mol. The number of hydrazone groups is 1. The fourth-order valence-electron chi connectivity index (χ4n) is 3.82. The number of nitrogens with zero attached hydrogens (tertiary/aromatic N) is 2. The third-order valence-electron chi connectivity index (χ3n) is 5.76. The molecule has 1 amide bonds. The summed E-state index contributed by atoms with van der Waals surface area (Å²) >= 11 is 1.54. The molecule has 0 aliphatic carbocycles. The van der Waals surface area contributed by atoms with E-state index in [9.17, 15) is 4.79 Å². The lowest BCUT2D eigenvalue weighted by Gasteiger charge is -2.08. The van der Waals surface area contributed by atoms with Crippen LogP contribution in [-0.4, -0.2) is 24.2 Å². The molecule has 178 valence electrons. The minimum absolute atomic E-state index is 0.294. The number of carbonyl (C=O) groups excluding carboxylic acids is 1. The number of amides is 1. The summed E-state index contributed by atoms with van der Waals surface area (Å²) in [5, 5.41) is 12.4. The van der Waals surface area contributed by atoms with Crippen molar-refractivity contribution in [2.24, 2.45) is 5.10 Å². The summed E-state index contributed by atoms with van der Waals surface area (Å²) in [6.45, 7) is 2.06. The van der Waals surface area contributed by atoms with Gasteiger partial charge in [0.2, 0.25) is 0 Å². The highest BCUT2D eigenvalue weighted by atomic mass is 32.1. The normalized spacial score (nSPS) is 11.1. The quantitative estimate of drug-likeness (QED) is 0.194. The number of hydrogen-bond acceptors (Lipinski definition) is 6. The molecular weight excluding hydrogens is 468 g/mol. The summed E-state index contributed by atoms with van der Waals surface area (Å²) in [4.78, 5) is 17.3. The fourth-order valence-corrected chi connectivity index (χ4v) is 4.56. The molecule has 0 bridgehead atoms. The highest BCUT2D eigenvalue weighted by Gasteiger charge is 2.09. The van der Waals surface area contributed by atoms with Gasteiger partial charge in [0.05, 0.1) is 19.0 Å². The predicted molar refractivity (Wildman–Crippen MR) is 148 cm³/mol. The molecule has 0 spiro atoms. The second kappa shape index (κ2) is 10.4. The standard InChI is InChI=1S/C29H24N4O2S/c1-19-7-14-23(15-8-19)31-29-32-26(18-36-29)21-9-11-22(12-10-21)28(34)33-30-17-25-24-6-4-3-5-20(24)13-16-27(25)35-2/h3-18H,1-2H3,(H,31,32)(H,33,34)/b30-17-. The van der Waals surface area contributed by atoms with Gasteiger partial charge in [-0.3, -0.25) is 4.79 Å². The molecule has 0 fully saturated rings. The van der Waals surface area contributed by atoms with Gasteiger partial charge in [-0.15, -0.1) is 11.3 Å². The summed E-state index contributed by atoms with van der Waals surface area (Å²) in [5.74, 6) is 0.396. The van der Waals surface area contributed by atoms with Crippen molar-refractivity contribution in [3.63, 3.8) is 0 Å². The maximum atomic E-state index is 12.7. The van der Waals surface area contributed by atoms with Crippen LogP contribution in [0.25, 0.3) is 22.0 Å². The van der Waals surface area contributed by atoms with Crippen molar-refractivity contribution in [1.82, 2.24) is 10.4 Å². The lowest BCUT2D eigenvalue weighted by atomic mass is 10.0. The number of methoxy groups -OCH3 is 1. The van der Waals surface area contributed by atoms with Crippen molar-refractivity contribution in [2.45, 2.75) is 6.92 Å². The first kappa shape index (κ1) is 23.3. The number of benzene rings is 4. The van der Waals surface area contributed by atoms with E-state index in [0.717, 1.165) is 38.4 Å². The number of ether oxygens (including phenoxy) is 1. The fraction of sp³-hybridized carbons (Fsp3) is 0.0690. The molecule has 0 aliphatic heterocycles. The number of nitrogens with one attached hydrogen (secondary N) is 2. The molecule has 7 heteroatoms. The number of hydrogen-bond donors (Lipinski definition) is 2. The molecule has 0 saturated heterocycles. The Morgan fingerprint density at radius 3 is 2.53 bits per heavy atom. The van der Waals surface area contributed by atoms with E-state index in [-0.39, 0.29) is 5.91 Å². The zero-order valence-corrected chi connectivity index (χ0v) is 20.7. The molecule has 36 heavy (non-hydrogen) atoms. The van der Waals surface area contributed by atoms with Crippen LogP contribution in [0, 0.1) is 6.92 Å². The molecule has 2 N–H and O–H groups in total. The Morgan fingerprint density at radius 1 is 0.972 bits per heavy atom. The second-order valence-corrected chi connectivity index (χ2v) is 9.07. The van der Waals surface area contributed by atoms with Crippen LogP contribution >= 0.6 is 11.3 Å². The Kier molecular flexibility index (Phi) is 6.73. The van der Waals surface area contributed by atoms with E-state index < -0.39 is 0 Å². The van der Waals surface area contributed by atoms with Crippen LogP contribution in [0.1, 0.15) is 21.5 Å².